The fourth-order valence-electron chi connectivity index (χ4n) is 2.32. The minimum atomic E-state index is -1.11. The molecule has 4 rings (SSSR count). The van der Waals surface area contributed by atoms with Gasteiger partial charge in [0, 0.05) is 42.6 Å². The van der Waals surface area contributed by atoms with Crippen LogP contribution in [-0.2, 0) is 0 Å². The quantitative estimate of drug-likeness (QED) is 0.595. The second kappa shape index (κ2) is 6.48. The Labute approximate surface area is 147 Å². The van der Waals surface area contributed by atoms with Crippen LogP contribution in [0.3, 0.4) is 0 Å². The molecule has 0 spiro atoms. The summed E-state index contributed by atoms with van der Waals surface area (Å²) in [7, 11) is 0. The Morgan fingerprint density at radius 2 is 1.81 bits per heavy atom. The number of hydrogen-bond donors (Lipinski definition) is 1. The lowest BCUT2D eigenvalue weighted by molar-refractivity contribution is 0.0690. The Bertz CT molecular complexity index is 1010. The number of hydrogen-bond acceptors (Lipinski definition) is 7. The molecule has 0 aliphatic carbocycles. The molecule has 26 heavy (non-hydrogen) atoms. The number of carboxylic acids is 1. The Hall–Kier alpha value is -4.01. The van der Waals surface area contributed by atoms with E-state index in [1.165, 1.54) is 16.9 Å². The van der Waals surface area contributed by atoms with Crippen molar-refractivity contribution in [2.45, 2.75) is 0 Å². The van der Waals surface area contributed by atoms with Crippen LogP contribution in [-0.4, -0.2) is 45.8 Å². The maximum atomic E-state index is 11.1. The third-order valence-corrected chi connectivity index (χ3v) is 3.52. The van der Waals surface area contributed by atoms with Crippen molar-refractivity contribution in [1.29, 1.82) is 0 Å². The molecule has 0 bridgehead atoms. The van der Waals surface area contributed by atoms with Gasteiger partial charge in [0.15, 0.2) is 17.3 Å². The average Bonchev–Trinajstić information content (AvgIpc) is 3.20. The summed E-state index contributed by atoms with van der Waals surface area (Å²) in [5, 5.41) is 13.1. The lowest BCUT2D eigenvalue weighted by Crippen LogP contribution is -2.05. The molecular formula is C17H11N7O2. The van der Waals surface area contributed by atoms with Crippen molar-refractivity contribution in [3.8, 4) is 28.6 Å². The molecule has 0 aromatic carbocycles. The largest absolute Gasteiger partial charge is 0.476 e. The van der Waals surface area contributed by atoms with E-state index in [2.05, 4.69) is 30.0 Å². The van der Waals surface area contributed by atoms with Gasteiger partial charge in [-0.1, -0.05) is 0 Å². The number of aromatic nitrogens is 7. The maximum Gasteiger partial charge on any atom is 0.356 e. The van der Waals surface area contributed by atoms with Crippen molar-refractivity contribution in [3.05, 3.63) is 67.1 Å². The van der Waals surface area contributed by atoms with Crippen LogP contribution >= 0.6 is 0 Å². The monoisotopic (exact) mass is 345 g/mol. The molecule has 0 fully saturated rings. The number of rotatable bonds is 4. The molecule has 126 valence electrons. The lowest BCUT2D eigenvalue weighted by Gasteiger charge is -2.08. The predicted molar refractivity (Wildman–Crippen MR) is 90.4 cm³/mol. The normalized spacial score (nSPS) is 10.6. The number of carbonyl (C=O) groups is 1. The van der Waals surface area contributed by atoms with Gasteiger partial charge in [-0.2, -0.15) is 5.10 Å². The van der Waals surface area contributed by atoms with E-state index in [0.29, 0.717) is 23.0 Å². The summed E-state index contributed by atoms with van der Waals surface area (Å²) in [6.07, 6.45) is 9.52. The Kier molecular flexibility index (Phi) is 3.86. The number of nitrogens with zero attached hydrogens (tertiary/aromatic N) is 7. The highest BCUT2D eigenvalue weighted by atomic mass is 16.4. The highest BCUT2D eigenvalue weighted by molar-refractivity contribution is 5.85. The summed E-state index contributed by atoms with van der Waals surface area (Å²) in [5.41, 5.74) is 1.88. The summed E-state index contributed by atoms with van der Waals surface area (Å²) < 4.78 is 1.38. The topological polar surface area (TPSA) is 120 Å². The lowest BCUT2D eigenvalue weighted by atomic mass is 10.2. The van der Waals surface area contributed by atoms with Gasteiger partial charge in [-0.3, -0.25) is 9.97 Å². The van der Waals surface area contributed by atoms with Gasteiger partial charge in [0.25, 0.3) is 0 Å². The Morgan fingerprint density at radius 3 is 2.50 bits per heavy atom. The van der Waals surface area contributed by atoms with E-state index in [-0.39, 0.29) is 5.69 Å². The van der Waals surface area contributed by atoms with E-state index in [9.17, 15) is 4.79 Å². The zero-order chi connectivity index (χ0) is 17.9. The Balaban J connectivity index is 1.89. The van der Waals surface area contributed by atoms with E-state index < -0.39 is 5.97 Å². The van der Waals surface area contributed by atoms with Crippen molar-refractivity contribution < 1.29 is 9.90 Å². The van der Waals surface area contributed by atoms with E-state index in [1.807, 2.05) is 12.1 Å². The SMILES string of the molecule is O=C(O)c1ccn(-c2cc(-c3ccncc3)nc(-c3cnccn3)n2)n1. The van der Waals surface area contributed by atoms with Crippen LogP contribution in [0.4, 0.5) is 0 Å². The summed E-state index contributed by atoms with van der Waals surface area (Å²) >= 11 is 0. The zero-order valence-corrected chi connectivity index (χ0v) is 13.3. The van der Waals surface area contributed by atoms with E-state index in [4.69, 9.17) is 5.11 Å². The zero-order valence-electron chi connectivity index (χ0n) is 13.3. The van der Waals surface area contributed by atoms with Crippen molar-refractivity contribution in [2.75, 3.05) is 0 Å². The van der Waals surface area contributed by atoms with Crippen molar-refractivity contribution in [1.82, 2.24) is 34.7 Å². The van der Waals surface area contributed by atoms with Gasteiger partial charge in [-0.15, -0.1) is 0 Å². The second-order valence-electron chi connectivity index (χ2n) is 5.21. The first kappa shape index (κ1) is 15.5. The molecule has 0 atom stereocenters. The van der Waals surface area contributed by atoms with E-state index in [1.54, 1.807) is 37.1 Å². The van der Waals surface area contributed by atoms with Crippen molar-refractivity contribution in [3.63, 3.8) is 0 Å². The fraction of sp³-hybridized carbons (Fsp3) is 0. The minimum Gasteiger partial charge on any atom is -0.476 e. The predicted octanol–water partition coefficient (Wildman–Crippen LogP) is 1.88. The van der Waals surface area contributed by atoms with Gasteiger partial charge in [0.05, 0.1) is 11.9 Å². The molecule has 0 radical (unpaired) electrons. The second-order valence-corrected chi connectivity index (χ2v) is 5.21. The van der Waals surface area contributed by atoms with Crippen LogP contribution in [0.1, 0.15) is 10.5 Å². The highest BCUT2D eigenvalue weighted by Gasteiger charge is 2.13. The molecule has 0 saturated heterocycles. The van der Waals surface area contributed by atoms with Crippen LogP contribution in [0, 0.1) is 0 Å². The third kappa shape index (κ3) is 3.00. The third-order valence-electron chi connectivity index (χ3n) is 3.52. The maximum absolute atomic E-state index is 11.1. The molecule has 0 aliphatic rings. The number of aromatic carboxylic acids is 1. The molecule has 1 N–H and O–H groups in total. The van der Waals surface area contributed by atoms with Crippen LogP contribution in [0.15, 0.2) is 61.4 Å². The van der Waals surface area contributed by atoms with Crippen LogP contribution < -0.4 is 0 Å². The summed E-state index contributed by atoms with van der Waals surface area (Å²) in [5.74, 6) is -0.337. The van der Waals surface area contributed by atoms with Gasteiger partial charge in [-0.05, 0) is 18.2 Å². The highest BCUT2D eigenvalue weighted by Crippen LogP contribution is 2.22. The molecule has 0 amide bonds. The fourth-order valence-corrected chi connectivity index (χ4v) is 2.32. The Morgan fingerprint density at radius 1 is 0.962 bits per heavy atom. The molecule has 0 unspecified atom stereocenters. The van der Waals surface area contributed by atoms with Gasteiger partial charge in [0.2, 0.25) is 0 Å². The first-order chi connectivity index (χ1) is 12.7. The summed E-state index contributed by atoms with van der Waals surface area (Å²) in [6.45, 7) is 0. The van der Waals surface area contributed by atoms with Gasteiger partial charge in [-0.25, -0.2) is 24.4 Å². The average molecular weight is 345 g/mol. The molecular weight excluding hydrogens is 334 g/mol. The minimum absolute atomic E-state index is 0.0740. The van der Waals surface area contributed by atoms with Gasteiger partial charge in [0.1, 0.15) is 5.69 Å². The molecule has 0 aliphatic heterocycles. The summed E-state index contributed by atoms with van der Waals surface area (Å²) in [4.78, 5) is 32.4. The molecule has 4 heterocycles. The summed E-state index contributed by atoms with van der Waals surface area (Å²) in [6, 6.07) is 6.75. The molecule has 9 nitrogen and oxygen atoms in total. The number of pyridine rings is 1. The molecule has 4 aromatic heterocycles. The van der Waals surface area contributed by atoms with Crippen LogP contribution in [0.2, 0.25) is 0 Å². The van der Waals surface area contributed by atoms with Crippen LogP contribution in [0.25, 0.3) is 28.6 Å². The van der Waals surface area contributed by atoms with Gasteiger partial charge >= 0.3 is 5.97 Å². The van der Waals surface area contributed by atoms with Crippen molar-refractivity contribution in [2.24, 2.45) is 0 Å². The number of carboxylic acid groups (broad SMARTS) is 1. The smallest absolute Gasteiger partial charge is 0.356 e. The molecule has 9 heteroatoms. The standard InChI is InChI=1S/C17H11N7O2/c25-17(26)12-3-8-24(23-12)15-9-13(11-1-4-18-5-2-11)21-16(22-15)14-10-19-6-7-20-14/h1-10H,(H,25,26). The first-order valence-electron chi connectivity index (χ1n) is 7.56. The van der Waals surface area contributed by atoms with Crippen LogP contribution in [0.5, 0.6) is 0 Å². The van der Waals surface area contributed by atoms with Crippen molar-refractivity contribution >= 4 is 5.97 Å². The van der Waals surface area contributed by atoms with Gasteiger partial charge < -0.3 is 5.11 Å². The van der Waals surface area contributed by atoms with E-state index >= 15 is 0 Å². The molecule has 0 saturated carbocycles. The first-order valence-corrected chi connectivity index (χ1v) is 7.56. The molecule has 4 aromatic rings. The van der Waals surface area contributed by atoms with E-state index in [0.717, 1.165) is 5.56 Å².